The molecule has 0 atom stereocenters. The second kappa shape index (κ2) is 9.00. The van der Waals surface area contributed by atoms with Gasteiger partial charge in [-0.2, -0.15) is 0 Å². The summed E-state index contributed by atoms with van der Waals surface area (Å²) in [7, 11) is 0. The van der Waals surface area contributed by atoms with Crippen LogP contribution in [0, 0.1) is 5.92 Å². The molecule has 0 radical (unpaired) electrons. The van der Waals surface area contributed by atoms with Crippen molar-refractivity contribution in [1.82, 2.24) is 15.5 Å². The molecular formula is C18H37N3O2. The van der Waals surface area contributed by atoms with Crippen LogP contribution in [0.1, 0.15) is 54.4 Å². The van der Waals surface area contributed by atoms with Crippen molar-refractivity contribution in [2.75, 3.05) is 39.4 Å². The van der Waals surface area contributed by atoms with E-state index in [4.69, 9.17) is 4.74 Å². The summed E-state index contributed by atoms with van der Waals surface area (Å²) in [5.41, 5.74) is 0.0159. The molecule has 0 aromatic rings. The number of nitrogens with zero attached hydrogens (tertiary/aromatic N) is 1. The van der Waals surface area contributed by atoms with Crippen LogP contribution < -0.4 is 10.6 Å². The van der Waals surface area contributed by atoms with Crippen LogP contribution in [0.25, 0.3) is 0 Å². The standard InChI is InChI=1S/C18H37N3O2/c1-17(2,3)19-9-13-23-14-12-21-10-7-15(8-11-21)16(22)20-18(4,5)6/h15,19H,7-14H2,1-6H3,(H,20,22). The van der Waals surface area contributed by atoms with Gasteiger partial charge in [-0.3, -0.25) is 4.79 Å². The Bertz CT molecular complexity index is 350. The summed E-state index contributed by atoms with van der Waals surface area (Å²) < 4.78 is 5.69. The van der Waals surface area contributed by atoms with Crippen LogP contribution in [-0.4, -0.2) is 61.3 Å². The first kappa shape index (κ1) is 20.4. The zero-order valence-corrected chi connectivity index (χ0v) is 16.0. The third-order valence-corrected chi connectivity index (χ3v) is 3.91. The van der Waals surface area contributed by atoms with E-state index in [-0.39, 0.29) is 22.9 Å². The fourth-order valence-corrected chi connectivity index (χ4v) is 2.68. The van der Waals surface area contributed by atoms with Crippen molar-refractivity contribution in [2.45, 2.75) is 65.5 Å². The molecule has 0 aliphatic carbocycles. The van der Waals surface area contributed by atoms with Crippen molar-refractivity contribution in [2.24, 2.45) is 5.92 Å². The number of carbonyl (C=O) groups is 1. The molecule has 1 rings (SSSR count). The third-order valence-electron chi connectivity index (χ3n) is 3.91. The lowest BCUT2D eigenvalue weighted by Gasteiger charge is -2.33. The molecule has 1 fully saturated rings. The largest absolute Gasteiger partial charge is 0.379 e. The molecule has 1 aliphatic heterocycles. The van der Waals surface area contributed by atoms with Gasteiger partial charge in [-0.1, -0.05) is 0 Å². The quantitative estimate of drug-likeness (QED) is 0.703. The normalized spacial score (nSPS) is 18.2. The predicted octanol–water partition coefficient (Wildman–Crippen LogP) is 2.02. The van der Waals surface area contributed by atoms with Crippen molar-refractivity contribution < 1.29 is 9.53 Å². The number of hydrogen-bond donors (Lipinski definition) is 2. The highest BCUT2D eigenvalue weighted by atomic mass is 16.5. The van der Waals surface area contributed by atoms with Gasteiger partial charge in [0.05, 0.1) is 13.2 Å². The number of likely N-dealkylation sites (tertiary alicyclic amines) is 1. The molecule has 5 heteroatoms. The lowest BCUT2D eigenvalue weighted by Crippen LogP contribution is -2.47. The van der Waals surface area contributed by atoms with E-state index in [0.29, 0.717) is 0 Å². The summed E-state index contributed by atoms with van der Waals surface area (Å²) in [6, 6.07) is 0. The number of amides is 1. The molecule has 0 aromatic carbocycles. The van der Waals surface area contributed by atoms with Crippen LogP contribution in [-0.2, 0) is 9.53 Å². The molecule has 1 aliphatic rings. The molecule has 0 spiro atoms. The van der Waals surface area contributed by atoms with Crippen LogP contribution in [0.15, 0.2) is 0 Å². The summed E-state index contributed by atoms with van der Waals surface area (Å²) in [5, 5.41) is 6.51. The third kappa shape index (κ3) is 9.95. The number of ether oxygens (including phenoxy) is 1. The van der Waals surface area contributed by atoms with Gasteiger partial charge in [-0.05, 0) is 67.5 Å². The lowest BCUT2D eigenvalue weighted by molar-refractivity contribution is -0.127. The van der Waals surface area contributed by atoms with Gasteiger partial charge in [-0.25, -0.2) is 0 Å². The van der Waals surface area contributed by atoms with Gasteiger partial charge in [0, 0.05) is 30.1 Å². The summed E-state index contributed by atoms with van der Waals surface area (Å²) in [4.78, 5) is 14.6. The Morgan fingerprint density at radius 2 is 1.65 bits per heavy atom. The van der Waals surface area contributed by atoms with E-state index in [1.807, 2.05) is 20.8 Å². The number of nitrogens with one attached hydrogen (secondary N) is 2. The molecule has 0 bridgehead atoms. The van der Waals surface area contributed by atoms with Gasteiger partial charge in [0.25, 0.3) is 0 Å². The van der Waals surface area contributed by atoms with E-state index < -0.39 is 0 Å². The lowest BCUT2D eigenvalue weighted by atomic mass is 9.94. The first-order valence-electron chi connectivity index (χ1n) is 8.94. The minimum absolute atomic E-state index is 0.136. The van der Waals surface area contributed by atoms with Crippen molar-refractivity contribution in [3.8, 4) is 0 Å². The second-order valence-electron chi connectivity index (χ2n) is 8.64. The molecule has 0 unspecified atom stereocenters. The van der Waals surface area contributed by atoms with Crippen molar-refractivity contribution in [1.29, 1.82) is 0 Å². The summed E-state index contributed by atoms with van der Waals surface area (Å²) in [6.07, 6.45) is 1.90. The van der Waals surface area contributed by atoms with E-state index in [2.05, 4.69) is 36.3 Å². The number of carbonyl (C=O) groups excluding carboxylic acids is 1. The molecule has 136 valence electrons. The summed E-state index contributed by atoms with van der Waals surface area (Å²) >= 11 is 0. The zero-order chi connectivity index (χ0) is 17.5. The van der Waals surface area contributed by atoms with Crippen molar-refractivity contribution in [3.05, 3.63) is 0 Å². The fraction of sp³-hybridized carbons (Fsp3) is 0.944. The second-order valence-corrected chi connectivity index (χ2v) is 8.64. The highest BCUT2D eigenvalue weighted by Gasteiger charge is 2.26. The van der Waals surface area contributed by atoms with Crippen LogP contribution in [0.2, 0.25) is 0 Å². The Morgan fingerprint density at radius 3 is 2.17 bits per heavy atom. The van der Waals surface area contributed by atoms with Gasteiger partial charge >= 0.3 is 0 Å². The van der Waals surface area contributed by atoms with E-state index in [9.17, 15) is 4.79 Å². The molecule has 1 heterocycles. The number of rotatable bonds is 7. The number of piperidine rings is 1. The maximum Gasteiger partial charge on any atom is 0.223 e. The maximum atomic E-state index is 12.2. The first-order chi connectivity index (χ1) is 10.6. The molecule has 0 saturated carbocycles. The topological polar surface area (TPSA) is 53.6 Å². The Hall–Kier alpha value is -0.650. The van der Waals surface area contributed by atoms with Gasteiger partial charge < -0.3 is 20.3 Å². The maximum absolute atomic E-state index is 12.2. The molecule has 1 saturated heterocycles. The average Bonchev–Trinajstić information content (AvgIpc) is 2.40. The Morgan fingerprint density at radius 1 is 1.04 bits per heavy atom. The molecule has 0 aromatic heterocycles. The van der Waals surface area contributed by atoms with Gasteiger partial charge in [-0.15, -0.1) is 0 Å². The van der Waals surface area contributed by atoms with E-state index in [1.165, 1.54) is 0 Å². The van der Waals surface area contributed by atoms with Crippen LogP contribution >= 0.6 is 0 Å². The van der Waals surface area contributed by atoms with E-state index in [1.54, 1.807) is 0 Å². The Labute approximate surface area is 142 Å². The zero-order valence-electron chi connectivity index (χ0n) is 16.0. The summed E-state index contributed by atoms with van der Waals surface area (Å²) in [5.74, 6) is 0.379. The van der Waals surface area contributed by atoms with Crippen LogP contribution in [0.4, 0.5) is 0 Å². The molecule has 1 amide bonds. The van der Waals surface area contributed by atoms with Crippen molar-refractivity contribution >= 4 is 5.91 Å². The first-order valence-corrected chi connectivity index (χ1v) is 8.94. The average molecular weight is 328 g/mol. The van der Waals surface area contributed by atoms with E-state index in [0.717, 1.165) is 52.2 Å². The molecular weight excluding hydrogens is 290 g/mol. The highest BCUT2D eigenvalue weighted by molar-refractivity contribution is 5.79. The fourth-order valence-electron chi connectivity index (χ4n) is 2.68. The predicted molar refractivity (Wildman–Crippen MR) is 95.6 cm³/mol. The Kier molecular flexibility index (Phi) is 7.98. The smallest absolute Gasteiger partial charge is 0.223 e. The highest BCUT2D eigenvalue weighted by Crippen LogP contribution is 2.18. The van der Waals surface area contributed by atoms with Crippen LogP contribution in [0.3, 0.4) is 0 Å². The molecule has 2 N–H and O–H groups in total. The minimum atomic E-state index is -0.136. The van der Waals surface area contributed by atoms with Crippen molar-refractivity contribution in [3.63, 3.8) is 0 Å². The SMILES string of the molecule is CC(C)(C)NCCOCCN1CCC(C(=O)NC(C)(C)C)CC1. The summed E-state index contributed by atoms with van der Waals surface area (Å²) in [6.45, 7) is 17.9. The van der Waals surface area contributed by atoms with Gasteiger partial charge in [0.2, 0.25) is 5.91 Å². The minimum Gasteiger partial charge on any atom is -0.379 e. The monoisotopic (exact) mass is 327 g/mol. The van der Waals surface area contributed by atoms with E-state index >= 15 is 0 Å². The van der Waals surface area contributed by atoms with Crippen LogP contribution in [0.5, 0.6) is 0 Å². The van der Waals surface area contributed by atoms with Gasteiger partial charge in [0.1, 0.15) is 0 Å². The van der Waals surface area contributed by atoms with Gasteiger partial charge in [0.15, 0.2) is 0 Å². The number of hydrogen-bond acceptors (Lipinski definition) is 4. The molecule has 23 heavy (non-hydrogen) atoms. The Balaban J connectivity index is 2.09. The molecule has 5 nitrogen and oxygen atoms in total.